The summed E-state index contributed by atoms with van der Waals surface area (Å²) >= 11 is 1.38. The summed E-state index contributed by atoms with van der Waals surface area (Å²) < 4.78 is 0. The van der Waals surface area contributed by atoms with Gasteiger partial charge in [-0.25, -0.2) is 0 Å². The van der Waals surface area contributed by atoms with E-state index in [1.165, 1.54) is 16.9 Å². The highest BCUT2D eigenvalue weighted by molar-refractivity contribution is 7.14. The molecule has 0 atom stereocenters. The number of rotatable bonds is 6. The number of thiophene rings is 1. The molecule has 1 N–H and O–H groups in total. The summed E-state index contributed by atoms with van der Waals surface area (Å²) in [6, 6.07) is 14.1. The average molecular weight is 366 g/mol. The molecular weight excluding hydrogens is 344 g/mol. The Bertz CT molecular complexity index is 786. The molecule has 0 spiro atoms. The first-order chi connectivity index (χ1) is 12.7. The Morgan fingerprint density at radius 2 is 1.88 bits per heavy atom. The molecule has 3 rings (SSSR count). The van der Waals surface area contributed by atoms with Crippen LogP contribution in [0.1, 0.15) is 11.1 Å². The molecule has 5 nitrogen and oxygen atoms in total. The van der Waals surface area contributed by atoms with Gasteiger partial charge in [-0.05, 0) is 17.0 Å². The fourth-order valence-corrected chi connectivity index (χ4v) is 3.65. The molecule has 1 amide bonds. The number of hydrogen-bond acceptors (Lipinski definition) is 5. The highest BCUT2D eigenvalue weighted by Gasteiger charge is 2.18. The number of carbonyl (C=O) groups is 1. The van der Waals surface area contributed by atoms with Crippen LogP contribution < -0.4 is 5.32 Å². The molecule has 1 aromatic heterocycles. The zero-order valence-corrected chi connectivity index (χ0v) is 15.4. The maximum absolute atomic E-state index is 12.2. The van der Waals surface area contributed by atoms with Gasteiger partial charge in [0, 0.05) is 32.7 Å². The van der Waals surface area contributed by atoms with Crippen LogP contribution in [0.5, 0.6) is 0 Å². The third-order valence-corrected chi connectivity index (χ3v) is 5.17. The molecule has 1 aliphatic rings. The third-order valence-electron chi connectivity index (χ3n) is 4.34. The highest BCUT2D eigenvalue weighted by Crippen LogP contribution is 2.22. The van der Waals surface area contributed by atoms with Gasteiger partial charge in [-0.3, -0.25) is 14.6 Å². The summed E-state index contributed by atoms with van der Waals surface area (Å²) in [6.45, 7) is 4.96. The zero-order valence-electron chi connectivity index (χ0n) is 14.6. The van der Waals surface area contributed by atoms with E-state index in [2.05, 4.69) is 45.5 Å². The van der Waals surface area contributed by atoms with Gasteiger partial charge in [-0.1, -0.05) is 42.5 Å². The number of piperazine rings is 1. The second-order valence-corrected chi connectivity index (χ2v) is 7.13. The van der Waals surface area contributed by atoms with Crippen LogP contribution >= 0.6 is 11.3 Å². The molecule has 1 aliphatic heterocycles. The Labute approximate surface area is 158 Å². The maximum atomic E-state index is 12.2. The van der Waals surface area contributed by atoms with E-state index in [1.807, 2.05) is 23.6 Å². The molecule has 26 heavy (non-hydrogen) atoms. The van der Waals surface area contributed by atoms with Crippen LogP contribution in [0, 0.1) is 11.3 Å². The highest BCUT2D eigenvalue weighted by atomic mass is 32.1. The number of nitriles is 1. The second-order valence-electron chi connectivity index (χ2n) is 6.21. The van der Waals surface area contributed by atoms with Gasteiger partial charge in [0.25, 0.3) is 0 Å². The van der Waals surface area contributed by atoms with E-state index in [1.54, 1.807) is 6.07 Å². The number of nitrogens with zero attached hydrogens (tertiary/aromatic N) is 3. The van der Waals surface area contributed by atoms with Gasteiger partial charge in [0.2, 0.25) is 5.91 Å². The minimum absolute atomic E-state index is 0.0543. The Kier molecular flexibility index (Phi) is 6.56. The van der Waals surface area contributed by atoms with Crippen molar-refractivity contribution in [2.75, 3.05) is 44.6 Å². The van der Waals surface area contributed by atoms with Gasteiger partial charge in [0.15, 0.2) is 0 Å². The molecular formula is C20H22N4OS. The van der Waals surface area contributed by atoms with E-state index in [0.29, 0.717) is 17.1 Å². The fourth-order valence-electron chi connectivity index (χ4n) is 2.90. The molecule has 1 fully saturated rings. The van der Waals surface area contributed by atoms with E-state index >= 15 is 0 Å². The Hall–Kier alpha value is -2.46. The topological polar surface area (TPSA) is 59.4 Å². The lowest BCUT2D eigenvalue weighted by Crippen LogP contribution is -2.48. The quantitative estimate of drug-likeness (QED) is 0.854. The summed E-state index contributed by atoms with van der Waals surface area (Å²) in [4.78, 5) is 16.7. The number of carbonyl (C=O) groups excluding carboxylic acids is 1. The lowest BCUT2D eigenvalue weighted by atomic mass is 10.2. The smallest absolute Gasteiger partial charge is 0.239 e. The van der Waals surface area contributed by atoms with Crippen molar-refractivity contribution in [2.24, 2.45) is 0 Å². The van der Waals surface area contributed by atoms with Crippen molar-refractivity contribution in [2.45, 2.75) is 0 Å². The van der Waals surface area contributed by atoms with Crippen molar-refractivity contribution in [3.63, 3.8) is 0 Å². The standard InChI is InChI=1S/C20H22N4OS/c21-15-18-8-14-26-20(18)22-19(25)16-24-12-10-23(11-13-24)9-4-7-17-5-2-1-3-6-17/h1-8,14H,9-13,16H2,(H,22,25). The van der Waals surface area contributed by atoms with E-state index < -0.39 is 0 Å². The normalized spacial score (nSPS) is 15.8. The van der Waals surface area contributed by atoms with Gasteiger partial charge in [-0.2, -0.15) is 5.26 Å². The second kappa shape index (κ2) is 9.30. The van der Waals surface area contributed by atoms with E-state index in [4.69, 9.17) is 5.26 Å². The summed E-state index contributed by atoms with van der Waals surface area (Å²) in [5.41, 5.74) is 1.74. The predicted molar refractivity (Wildman–Crippen MR) is 106 cm³/mol. The lowest BCUT2D eigenvalue weighted by molar-refractivity contribution is -0.117. The molecule has 1 aromatic carbocycles. The number of nitrogens with one attached hydrogen (secondary N) is 1. The molecule has 0 bridgehead atoms. The first-order valence-electron chi connectivity index (χ1n) is 8.68. The van der Waals surface area contributed by atoms with E-state index in [9.17, 15) is 4.79 Å². The summed E-state index contributed by atoms with van der Waals surface area (Å²) in [5, 5.41) is 14.3. The van der Waals surface area contributed by atoms with Crippen molar-refractivity contribution in [3.8, 4) is 6.07 Å². The molecule has 2 heterocycles. The fraction of sp³-hybridized carbons (Fsp3) is 0.300. The molecule has 0 radical (unpaired) electrons. The minimum atomic E-state index is -0.0543. The lowest BCUT2D eigenvalue weighted by Gasteiger charge is -2.33. The number of hydrogen-bond donors (Lipinski definition) is 1. The number of benzene rings is 1. The SMILES string of the molecule is N#Cc1ccsc1NC(=O)CN1CCN(CC=Cc2ccccc2)CC1. The summed E-state index contributed by atoms with van der Waals surface area (Å²) in [6.07, 6.45) is 4.34. The Morgan fingerprint density at radius 3 is 2.62 bits per heavy atom. The number of amides is 1. The van der Waals surface area contributed by atoms with Crippen molar-refractivity contribution >= 4 is 28.3 Å². The van der Waals surface area contributed by atoms with Crippen molar-refractivity contribution in [1.82, 2.24) is 9.80 Å². The van der Waals surface area contributed by atoms with Crippen LogP contribution in [-0.2, 0) is 4.79 Å². The van der Waals surface area contributed by atoms with E-state index in [0.717, 1.165) is 32.7 Å². The van der Waals surface area contributed by atoms with Gasteiger partial charge < -0.3 is 5.32 Å². The third kappa shape index (κ3) is 5.27. The molecule has 134 valence electrons. The Morgan fingerprint density at radius 1 is 1.15 bits per heavy atom. The van der Waals surface area contributed by atoms with Gasteiger partial charge in [-0.15, -0.1) is 11.3 Å². The first kappa shape index (κ1) is 18.3. The van der Waals surface area contributed by atoms with Crippen LogP contribution in [0.2, 0.25) is 0 Å². The molecule has 0 unspecified atom stereocenters. The predicted octanol–water partition coefficient (Wildman–Crippen LogP) is 2.89. The minimum Gasteiger partial charge on any atom is -0.315 e. The van der Waals surface area contributed by atoms with Gasteiger partial charge in [0.1, 0.15) is 11.1 Å². The van der Waals surface area contributed by atoms with Crippen LogP contribution in [0.4, 0.5) is 5.00 Å². The van der Waals surface area contributed by atoms with Gasteiger partial charge in [0.05, 0.1) is 12.1 Å². The van der Waals surface area contributed by atoms with Crippen molar-refractivity contribution in [1.29, 1.82) is 5.26 Å². The van der Waals surface area contributed by atoms with Crippen LogP contribution in [0.25, 0.3) is 6.08 Å². The molecule has 6 heteroatoms. The first-order valence-corrected chi connectivity index (χ1v) is 9.56. The summed E-state index contributed by atoms with van der Waals surface area (Å²) in [5.74, 6) is -0.0543. The van der Waals surface area contributed by atoms with Crippen LogP contribution in [0.3, 0.4) is 0 Å². The maximum Gasteiger partial charge on any atom is 0.239 e. The Balaban J connectivity index is 1.39. The average Bonchev–Trinajstić information content (AvgIpc) is 3.11. The van der Waals surface area contributed by atoms with Gasteiger partial charge >= 0.3 is 0 Å². The van der Waals surface area contributed by atoms with Crippen molar-refractivity contribution < 1.29 is 4.79 Å². The molecule has 1 saturated heterocycles. The van der Waals surface area contributed by atoms with Crippen LogP contribution in [0.15, 0.2) is 47.9 Å². The molecule has 0 aliphatic carbocycles. The van der Waals surface area contributed by atoms with Crippen molar-refractivity contribution in [3.05, 3.63) is 59.0 Å². The van der Waals surface area contributed by atoms with Crippen LogP contribution in [-0.4, -0.2) is 55.0 Å². The summed E-state index contributed by atoms with van der Waals surface area (Å²) in [7, 11) is 0. The molecule has 2 aromatic rings. The zero-order chi connectivity index (χ0) is 18.2. The van der Waals surface area contributed by atoms with E-state index in [-0.39, 0.29) is 5.91 Å². The number of anilines is 1. The largest absolute Gasteiger partial charge is 0.315 e. The monoisotopic (exact) mass is 366 g/mol. The molecule has 0 saturated carbocycles.